The number of aryl methyl sites for hydroxylation is 1. The second-order valence-electron chi connectivity index (χ2n) is 6.36. The van der Waals surface area contributed by atoms with E-state index in [0.29, 0.717) is 28.8 Å². The van der Waals surface area contributed by atoms with Crippen molar-refractivity contribution in [2.24, 2.45) is 16.8 Å². The van der Waals surface area contributed by atoms with Crippen LogP contribution in [0.2, 0.25) is 5.02 Å². The monoisotopic (exact) mass is 419 g/mol. The molecule has 2 rings (SSSR count). The Balaban J connectivity index is 2.23. The minimum atomic E-state index is -0.553. The van der Waals surface area contributed by atoms with Crippen LogP contribution in [0.25, 0.3) is 0 Å². The fourth-order valence-electron chi connectivity index (χ4n) is 2.58. The Kier molecular flexibility index (Phi) is 7.83. The summed E-state index contributed by atoms with van der Waals surface area (Å²) in [7, 11) is 1.42. The van der Waals surface area contributed by atoms with Crippen LogP contribution in [0.5, 0.6) is 5.75 Å². The lowest BCUT2D eigenvalue weighted by atomic mass is 10.1. The number of nitrogens with zero attached hydrogens (tertiary/aromatic N) is 3. The molecule has 156 valence electrons. The molecule has 2 aromatic rings. The molecule has 0 heterocycles. The van der Waals surface area contributed by atoms with Crippen molar-refractivity contribution in [1.82, 2.24) is 5.01 Å². The number of rotatable bonds is 7. The van der Waals surface area contributed by atoms with Gasteiger partial charge in [0.15, 0.2) is 0 Å². The van der Waals surface area contributed by atoms with Gasteiger partial charge in [-0.2, -0.15) is 0 Å². The Hall–Kier alpha value is -2.81. The van der Waals surface area contributed by atoms with E-state index in [1.54, 1.807) is 24.3 Å². The van der Waals surface area contributed by atoms with E-state index in [1.165, 1.54) is 7.05 Å². The molecular formula is C20H26ClN5O3. The lowest BCUT2D eigenvalue weighted by Gasteiger charge is -2.24. The van der Waals surface area contributed by atoms with Crippen LogP contribution >= 0.6 is 11.6 Å². The number of halogens is 1. The molecule has 0 spiro atoms. The van der Waals surface area contributed by atoms with Crippen LogP contribution in [0, 0.1) is 6.92 Å². The molecule has 0 unspecified atom stereocenters. The summed E-state index contributed by atoms with van der Waals surface area (Å²) in [6, 6.07) is 10.3. The number of benzene rings is 2. The van der Waals surface area contributed by atoms with Gasteiger partial charge in [-0.1, -0.05) is 28.9 Å². The van der Waals surface area contributed by atoms with Crippen LogP contribution in [0.15, 0.2) is 41.6 Å². The Bertz CT molecular complexity index is 902. The molecule has 0 saturated heterocycles. The Morgan fingerprint density at radius 3 is 2.59 bits per heavy atom. The molecule has 0 radical (unpaired) electrons. The number of anilines is 1. The van der Waals surface area contributed by atoms with Gasteiger partial charge in [0.25, 0.3) is 0 Å². The first-order valence-corrected chi connectivity index (χ1v) is 9.39. The topological polar surface area (TPSA) is 106 Å². The second-order valence-corrected chi connectivity index (χ2v) is 6.77. The predicted molar refractivity (Wildman–Crippen MR) is 115 cm³/mol. The number of amides is 2. The van der Waals surface area contributed by atoms with E-state index < -0.39 is 6.03 Å². The normalized spacial score (nSPS) is 11.2. The van der Waals surface area contributed by atoms with Crippen molar-refractivity contribution in [3.05, 3.63) is 58.1 Å². The first-order chi connectivity index (χ1) is 13.8. The van der Waals surface area contributed by atoms with E-state index in [9.17, 15) is 4.79 Å². The average molecular weight is 420 g/mol. The summed E-state index contributed by atoms with van der Waals surface area (Å²) < 4.78 is 5.91. The molecule has 0 saturated carbocycles. The lowest BCUT2D eigenvalue weighted by molar-refractivity contribution is 0.159. The summed E-state index contributed by atoms with van der Waals surface area (Å²) in [6.07, 6.45) is 0. The maximum absolute atomic E-state index is 12.1. The zero-order valence-electron chi connectivity index (χ0n) is 17.0. The summed E-state index contributed by atoms with van der Waals surface area (Å²) in [5, 5.41) is 6.34. The number of hydrogen-bond donors (Lipinski definition) is 2. The molecule has 0 aliphatic rings. The standard InChI is InChI=1S/C20H26ClN5O3/c1-5-29-24-14(3)15-9-10-19(17(21)11-15)28-12-16-13(2)7-6-8-18(16)26(23)20(27)25(4)22/h6-11H,5,12,22-23H2,1-4H3/b24-14-. The zero-order chi connectivity index (χ0) is 21.6. The van der Waals surface area contributed by atoms with Crippen LogP contribution in [0.3, 0.4) is 0 Å². The van der Waals surface area contributed by atoms with Crippen LogP contribution in [0.4, 0.5) is 10.5 Å². The SMILES string of the molecule is CCO/N=C(/C)c1ccc(OCc2c(C)cccc2N(N)C(=O)N(C)N)c(Cl)c1. The fourth-order valence-corrected chi connectivity index (χ4v) is 2.82. The average Bonchev–Trinajstić information content (AvgIpc) is 2.70. The number of carbonyl (C=O) groups is 1. The van der Waals surface area contributed by atoms with Crippen LogP contribution < -0.4 is 21.4 Å². The van der Waals surface area contributed by atoms with E-state index in [-0.39, 0.29) is 6.61 Å². The highest BCUT2D eigenvalue weighted by molar-refractivity contribution is 6.32. The summed E-state index contributed by atoms with van der Waals surface area (Å²) in [6.45, 7) is 6.27. The fraction of sp³-hybridized carbons (Fsp3) is 0.300. The van der Waals surface area contributed by atoms with Gasteiger partial charge in [-0.15, -0.1) is 0 Å². The van der Waals surface area contributed by atoms with Crippen molar-refractivity contribution in [3.63, 3.8) is 0 Å². The van der Waals surface area contributed by atoms with Crippen LogP contribution in [-0.4, -0.2) is 30.4 Å². The summed E-state index contributed by atoms with van der Waals surface area (Å²) >= 11 is 6.37. The van der Waals surface area contributed by atoms with E-state index >= 15 is 0 Å². The number of ether oxygens (including phenoxy) is 1. The highest BCUT2D eigenvalue weighted by atomic mass is 35.5. The molecule has 0 atom stereocenters. The van der Waals surface area contributed by atoms with Crippen molar-refractivity contribution in [1.29, 1.82) is 0 Å². The zero-order valence-corrected chi connectivity index (χ0v) is 17.7. The van der Waals surface area contributed by atoms with Crippen molar-refractivity contribution >= 4 is 29.0 Å². The Morgan fingerprint density at radius 2 is 1.97 bits per heavy atom. The lowest BCUT2D eigenvalue weighted by Crippen LogP contribution is -2.49. The molecule has 2 aromatic carbocycles. The third-order valence-corrected chi connectivity index (χ3v) is 4.50. The van der Waals surface area contributed by atoms with Crippen LogP contribution in [-0.2, 0) is 11.4 Å². The molecule has 8 nitrogen and oxygen atoms in total. The maximum atomic E-state index is 12.1. The summed E-state index contributed by atoms with van der Waals surface area (Å²) in [5.41, 5.74) is 3.71. The number of nitrogens with two attached hydrogens (primary N) is 2. The number of oxime groups is 1. The maximum Gasteiger partial charge on any atom is 0.352 e. The second kappa shape index (κ2) is 10.1. The minimum absolute atomic E-state index is 0.169. The highest BCUT2D eigenvalue weighted by Gasteiger charge is 2.19. The van der Waals surface area contributed by atoms with Gasteiger partial charge in [-0.05, 0) is 50.6 Å². The number of urea groups is 1. The van der Waals surface area contributed by atoms with E-state index in [0.717, 1.165) is 26.7 Å². The third kappa shape index (κ3) is 5.60. The van der Waals surface area contributed by atoms with Crippen molar-refractivity contribution in [3.8, 4) is 5.75 Å². The smallest absolute Gasteiger partial charge is 0.352 e. The highest BCUT2D eigenvalue weighted by Crippen LogP contribution is 2.29. The van der Waals surface area contributed by atoms with Gasteiger partial charge < -0.3 is 9.57 Å². The molecule has 4 N–H and O–H groups in total. The van der Waals surface area contributed by atoms with E-state index in [4.69, 9.17) is 32.9 Å². The van der Waals surface area contributed by atoms with E-state index in [2.05, 4.69) is 5.16 Å². The van der Waals surface area contributed by atoms with Gasteiger partial charge in [0.1, 0.15) is 19.0 Å². The summed E-state index contributed by atoms with van der Waals surface area (Å²) in [4.78, 5) is 17.2. The number of carbonyl (C=O) groups excluding carboxylic acids is 1. The summed E-state index contributed by atoms with van der Waals surface area (Å²) in [5.74, 6) is 12.0. The van der Waals surface area contributed by atoms with Crippen molar-refractivity contribution in [2.45, 2.75) is 27.4 Å². The Morgan fingerprint density at radius 1 is 1.24 bits per heavy atom. The number of hydrazine groups is 2. The molecule has 29 heavy (non-hydrogen) atoms. The Labute approximate surface area is 175 Å². The van der Waals surface area contributed by atoms with Gasteiger partial charge in [0.05, 0.1) is 16.4 Å². The number of hydrogen-bond acceptors (Lipinski definition) is 6. The predicted octanol–water partition coefficient (Wildman–Crippen LogP) is 3.59. The van der Waals surface area contributed by atoms with Crippen LogP contribution in [0.1, 0.15) is 30.5 Å². The first-order valence-electron chi connectivity index (χ1n) is 9.01. The quantitative estimate of drug-likeness (QED) is 0.308. The van der Waals surface area contributed by atoms with Crippen molar-refractivity contribution < 1.29 is 14.4 Å². The van der Waals surface area contributed by atoms with Gasteiger partial charge in [0, 0.05) is 18.2 Å². The van der Waals surface area contributed by atoms with Gasteiger partial charge in [-0.3, -0.25) is 5.01 Å². The van der Waals surface area contributed by atoms with Gasteiger partial charge >= 0.3 is 6.03 Å². The molecule has 0 fully saturated rings. The first kappa shape index (κ1) is 22.5. The molecule has 0 aromatic heterocycles. The molecule has 2 amide bonds. The molecule has 9 heteroatoms. The van der Waals surface area contributed by atoms with E-state index in [1.807, 2.05) is 32.9 Å². The molecular weight excluding hydrogens is 394 g/mol. The van der Waals surface area contributed by atoms with Crippen molar-refractivity contribution in [2.75, 3.05) is 18.7 Å². The molecule has 0 bridgehead atoms. The van der Waals surface area contributed by atoms with Gasteiger partial charge in [-0.25, -0.2) is 21.5 Å². The minimum Gasteiger partial charge on any atom is -0.487 e. The third-order valence-electron chi connectivity index (χ3n) is 4.21. The largest absolute Gasteiger partial charge is 0.487 e. The molecule has 0 aliphatic carbocycles. The van der Waals surface area contributed by atoms with Gasteiger partial charge in [0.2, 0.25) is 0 Å². The molecule has 0 aliphatic heterocycles.